The summed E-state index contributed by atoms with van der Waals surface area (Å²) in [6.45, 7) is 5.60. The van der Waals surface area contributed by atoms with Crippen molar-refractivity contribution in [2.24, 2.45) is 10.2 Å². The van der Waals surface area contributed by atoms with Gasteiger partial charge in [-0.05, 0) is 33.3 Å². The van der Waals surface area contributed by atoms with Gasteiger partial charge >= 0.3 is 0 Å². The average molecular weight is 553 g/mol. The van der Waals surface area contributed by atoms with Gasteiger partial charge in [0.25, 0.3) is 5.56 Å². The molecule has 0 fully saturated rings. The predicted octanol–water partition coefficient (Wildman–Crippen LogP) is 6.05. The zero-order chi connectivity index (χ0) is 27.7. The van der Waals surface area contributed by atoms with Crippen molar-refractivity contribution < 1.29 is 19.4 Å². The number of aromatic nitrogens is 1. The Bertz CT molecular complexity index is 1620. The largest absolute Gasteiger partial charge is 0.493 e. The first kappa shape index (κ1) is 27.2. The maximum absolute atomic E-state index is 13.4. The number of aromatic hydroxyl groups is 1. The van der Waals surface area contributed by atoms with Crippen molar-refractivity contribution >= 4 is 46.1 Å². The highest BCUT2D eigenvalue weighted by atomic mass is 35.5. The third kappa shape index (κ3) is 4.74. The van der Waals surface area contributed by atoms with Crippen LogP contribution in [0.5, 0.6) is 5.88 Å². The first-order chi connectivity index (χ1) is 18.1. The smallest absolute Gasteiger partial charge is 0.271 e. The number of nitrogens with zero attached hydrogens (tertiary/aromatic N) is 4. The summed E-state index contributed by atoms with van der Waals surface area (Å²) in [5, 5.41) is 28.7. The lowest BCUT2D eigenvalue weighted by atomic mass is 9.83. The van der Waals surface area contributed by atoms with E-state index in [1.807, 2.05) is 19.9 Å². The fourth-order valence-electron chi connectivity index (χ4n) is 4.20. The average Bonchev–Trinajstić information content (AvgIpc) is 2.87. The molecule has 1 aliphatic rings. The Morgan fingerprint density at radius 1 is 1.03 bits per heavy atom. The Kier molecular flexibility index (Phi) is 7.78. The van der Waals surface area contributed by atoms with Crippen LogP contribution in [0.25, 0.3) is 0 Å². The molecule has 1 N–H and O–H groups in total. The standard InChI is InChI=1S/C27H22Cl2N4O5/c1-13(2)38-10-6-9-33-26(36)17(12-30)14(3)22(27(33)37)31-32-23-19(29)11-18(28)20-21(23)25(35)16-8-5-4-7-15(16)24(20)34/h4-5,7-8,11,13,37H,6,9-10H2,1-3H3/b32-31+. The highest BCUT2D eigenvalue weighted by Gasteiger charge is 2.35. The Morgan fingerprint density at radius 3 is 2.24 bits per heavy atom. The van der Waals surface area contributed by atoms with Crippen LogP contribution in [-0.4, -0.2) is 34.0 Å². The van der Waals surface area contributed by atoms with Crippen molar-refractivity contribution in [3.63, 3.8) is 0 Å². The minimum atomic E-state index is -0.676. The molecule has 0 saturated carbocycles. The van der Waals surface area contributed by atoms with Gasteiger partial charge in [-0.3, -0.25) is 19.0 Å². The second-order valence-corrected chi connectivity index (χ2v) is 9.67. The molecule has 9 nitrogen and oxygen atoms in total. The molecule has 1 aliphatic carbocycles. The highest BCUT2D eigenvalue weighted by Crippen LogP contribution is 2.43. The van der Waals surface area contributed by atoms with E-state index < -0.39 is 23.0 Å². The molecule has 0 saturated heterocycles. The summed E-state index contributed by atoms with van der Waals surface area (Å²) >= 11 is 12.7. The van der Waals surface area contributed by atoms with Crippen molar-refractivity contribution in [3.05, 3.63) is 84.1 Å². The zero-order valence-electron chi connectivity index (χ0n) is 20.7. The lowest BCUT2D eigenvalue weighted by molar-refractivity contribution is 0.0744. The van der Waals surface area contributed by atoms with Crippen LogP contribution < -0.4 is 5.56 Å². The summed E-state index contributed by atoms with van der Waals surface area (Å²) in [6, 6.07) is 9.46. The van der Waals surface area contributed by atoms with E-state index in [0.717, 1.165) is 4.57 Å². The lowest BCUT2D eigenvalue weighted by Gasteiger charge is -2.20. The Labute approximate surface area is 227 Å². The quantitative estimate of drug-likeness (QED) is 0.219. The molecule has 3 aromatic rings. The molecule has 0 unspecified atom stereocenters. The fourth-order valence-corrected chi connectivity index (χ4v) is 4.79. The van der Waals surface area contributed by atoms with Crippen LogP contribution in [-0.2, 0) is 11.3 Å². The molecular weight excluding hydrogens is 531 g/mol. The van der Waals surface area contributed by atoms with E-state index in [9.17, 15) is 24.8 Å². The van der Waals surface area contributed by atoms with Gasteiger partial charge in [-0.15, -0.1) is 10.2 Å². The van der Waals surface area contributed by atoms with Crippen molar-refractivity contribution in [3.8, 4) is 11.9 Å². The van der Waals surface area contributed by atoms with Crippen LogP contribution in [0.2, 0.25) is 10.0 Å². The summed E-state index contributed by atoms with van der Waals surface area (Å²) < 4.78 is 6.51. The topological polar surface area (TPSA) is 134 Å². The number of carbonyl (C=O) groups excluding carboxylic acids is 2. The number of nitriles is 1. The van der Waals surface area contributed by atoms with E-state index in [1.54, 1.807) is 12.1 Å². The Balaban J connectivity index is 1.84. The van der Waals surface area contributed by atoms with Crippen LogP contribution in [0.1, 0.15) is 63.2 Å². The lowest BCUT2D eigenvalue weighted by Crippen LogP contribution is -2.24. The van der Waals surface area contributed by atoms with Crippen molar-refractivity contribution in [2.75, 3.05) is 6.61 Å². The number of ether oxygens (including phenoxy) is 1. The summed E-state index contributed by atoms with van der Waals surface area (Å²) in [6.07, 6.45) is 0.386. The second kappa shape index (κ2) is 10.9. The number of carbonyl (C=O) groups is 2. The normalized spacial score (nSPS) is 12.7. The van der Waals surface area contributed by atoms with Crippen molar-refractivity contribution in [1.82, 2.24) is 4.57 Å². The maximum atomic E-state index is 13.4. The van der Waals surface area contributed by atoms with Crippen LogP contribution in [0, 0.1) is 18.3 Å². The minimum absolute atomic E-state index is 0.00558. The second-order valence-electron chi connectivity index (χ2n) is 8.86. The van der Waals surface area contributed by atoms with Crippen LogP contribution in [0.15, 0.2) is 45.4 Å². The number of hydrogen-bond acceptors (Lipinski definition) is 8. The molecule has 2 aromatic carbocycles. The molecule has 4 rings (SSSR count). The number of pyridine rings is 1. The molecule has 0 atom stereocenters. The maximum Gasteiger partial charge on any atom is 0.271 e. The monoisotopic (exact) mass is 552 g/mol. The van der Waals surface area contributed by atoms with E-state index in [-0.39, 0.29) is 67.4 Å². The van der Waals surface area contributed by atoms with Gasteiger partial charge in [0.15, 0.2) is 17.3 Å². The predicted molar refractivity (Wildman–Crippen MR) is 141 cm³/mol. The third-order valence-electron chi connectivity index (χ3n) is 6.07. The van der Waals surface area contributed by atoms with E-state index >= 15 is 0 Å². The minimum Gasteiger partial charge on any atom is -0.493 e. The van der Waals surface area contributed by atoms with E-state index in [4.69, 9.17) is 27.9 Å². The Hall–Kier alpha value is -3.84. The van der Waals surface area contributed by atoms with Crippen LogP contribution >= 0.6 is 23.2 Å². The van der Waals surface area contributed by atoms with Gasteiger partial charge in [-0.25, -0.2) is 0 Å². The molecular formula is C27H22Cl2N4O5. The number of ketones is 2. The van der Waals surface area contributed by atoms with Gasteiger partial charge in [0.05, 0.1) is 27.3 Å². The number of halogens is 2. The SMILES string of the molecule is Cc1c(/N=N/c2c(Cl)cc(Cl)c3c2C(=O)c2ccccc2C3=O)c(O)n(CCCOC(C)C)c(=O)c1C#N. The van der Waals surface area contributed by atoms with Gasteiger partial charge in [0, 0.05) is 29.8 Å². The zero-order valence-corrected chi connectivity index (χ0v) is 22.2. The number of azo groups is 1. The molecule has 0 bridgehead atoms. The molecule has 0 aliphatic heterocycles. The van der Waals surface area contributed by atoms with Crippen molar-refractivity contribution in [1.29, 1.82) is 5.26 Å². The highest BCUT2D eigenvalue weighted by molar-refractivity contribution is 6.43. The summed E-state index contributed by atoms with van der Waals surface area (Å²) in [5.41, 5.74) is -0.869. The first-order valence-corrected chi connectivity index (χ1v) is 12.4. The summed E-state index contributed by atoms with van der Waals surface area (Å²) in [5.74, 6) is -1.48. The molecule has 38 heavy (non-hydrogen) atoms. The van der Waals surface area contributed by atoms with Crippen molar-refractivity contribution in [2.45, 2.75) is 39.8 Å². The third-order valence-corrected chi connectivity index (χ3v) is 6.66. The first-order valence-electron chi connectivity index (χ1n) is 11.7. The fraction of sp³-hybridized carbons (Fsp3) is 0.259. The molecule has 194 valence electrons. The summed E-state index contributed by atoms with van der Waals surface area (Å²) in [7, 11) is 0. The molecule has 0 radical (unpaired) electrons. The Morgan fingerprint density at radius 2 is 1.63 bits per heavy atom. The van der Waals surface area contributed by atoms with E-state index in [2.05, 4.69) is 10.2 Å². The molecule has 1 aromatic heterocycles. The van der Waals surface area contributed by atoms with Gasteiger partial charge in [-0.1, -0.05) is 47.5 Å². The van der Waals surface area contributed by atoms with Crippen LogP contribution in [0.3, 0.4) is 0 Å². The number of fused-ring (bicyclic) bond motifs is 2. The molecule has 1 heterocycles. The molecule has 0 amide bonds. The van der Waals surface area contributed by atoms with Gasteiger partial charge in [0.1, 0.15) is 17.3 Å². The van der Waals surface area contributed by atoms with Gasteiger partial charge in [-0.2, -0.15) is 5.26 Å². The molecule has 0 spiro atoms. The summed E-state index contributed by atoms with van der Waals surface area (Å²) in [4.78, 5) is 39.4. The molecule has 11 heteroatoms. The number of rotatable bonds is 7. The van der Waals surface area contributed by atoms with E-state index in [0.29, 0.717) is 13.0 Å². The van der Waals surface area contributed by atoms with E-state index in [1.165, 1.54) is 25.1 Å². The number of hydrogen-bond donors (Lipinski definition) is 1. The van der Waals surface area contributed by atoms with Gasteiger partial charge in [0.2, 0.25) is 5.88 Å². The van der Waals surface area contributed by atoms with Gasteiger partial charge < -0.3 is 9.84 Å². The van der Waals surface area contributed by atoms with Crippen LogP contribution in [0.4, 0.5) is 11.4 Å². The number of benzene rings is 2.